The molecule has 0 fully saturated rings. The molecule has 3 aromatic heterocycles. The number of amides is 3. The van der Waals surface area contributed by atoms with Gasteiger partial charge in [-0.2, -0.15) is 0 Å². The lowest BCUT2D eigenvalue weighted by molar-refractivity contribution is 0.0987. The average molecular weight is 859 g/mol. The second-order valence-electron chi connectivity index (χ2n) is 14.2. The third-order valence-corrected chi connectivity index (χ3v) is 9.56. The lowest BCUT2D eigenvalue weighted by Crippen LogP contribution is -2.26. The fourth-order valence-corrected chi connectivity index (χ4v) is 5.93. The smallest absolute Gasteiger partial charge is 0.267 e. The minimum atomic E-state index is -0.615. The third-order valence-electron chi connectivity index (χ3n) is 9.56. The number of aromatic nitrogens is 6. The minimum absolute atomic E-state index is 0.147. The molecule has 17 heteroatoms. The normalized spacial score (nSPS) is 10.4. The van der Waals surface area contributed by atoms with Crippen LogP contribution in [0.15, 0.2) is 84.9 Å². The summed E-state index contributed by atoms with van der Waals surface area (Å²) in [5, 5.41) is 0. The lowest BCUT2D eigenvalue weighted by Gasteiger charge is -2.19. The molecule has 330 valence electrons. The molecular weight excluding hydrogens is 804 g/mol. The first kappa shape index (κ1) is 48.1. The Hall–Kier alpha value is -7.56. The van der Waals surface area contributed by atoms with E-state index in [1.807, 2.05) is 92.9 Å². The predicted molar refractivity (Wildman–Crippen MR) is 245 cm³/mol. The van der Waals surface area contributed by atoms with Crippen molar-refractivity contribution in [1.29, 1.82) is 0 Å². The summed E-state index contributed by atoms with van der Waals surface area (Å²) in [5.74, 6) is 0.101. The highest BCUT2D eigenvalue weighted by atomic mass is 19.1. The minimum Gasteiger partial charge on any atom is -0.497 e. The molecule has 6 rings (SSSR count). The van der Waals surface area contributed by atoms with Crippen molar-refractivity contribution in [2.75, 3.05) is 62.1 Å². The summed E-state index contributed by atoms with van der Waals surface area (Å²) in [5.41, 5.74) is 22.7. The van der Waals surface area contributed by atoms with Crippen molar-refractivity contribution in [2.24, 2.45) is 17.2 Å². The van der Waals surface area contributed by atoms with E-state index in [2.05, 4.69) is 29.9 Å². The molecular formula is C46H55FN12O4. The molecule has 0 atom stereocenters. The highest BCUT2D eigenvalue weighted by Gasteiger charge is 2.16. The number of ether oxygens (including phenoxy) is 1. The largest absolute Gasteiger partial charge is 0.497 e. The van der Waals surface area contributed by atoms with Gasteiger partial charge in [-0.25, -0.2) is 34.3 Å². The van der Waals surface area contributed by atoms with Gasteiger partial charge in [0.1, 0.15) is 28.6 Å². The number of halogens is 1. The number of rotatable bonds is 14. The molecule has 0 unspecified atom stereocenters. The first-order valence-electron chi connectivity index (χ1n) is 20.2. The van der Waals surface area contributed by atoms with Gasteiger partial charge in [-0.1, -0.05) is 42.0 Å². The molecule has 0 saturated heterocycles. The second kappa shape index (κ2) is 22.3. The Morgan fingerprint density at radius 3 is 1.38 bits per heavy atom. The van der Waals surface area contributed by atoms with Gasteiger partial charge in [0, 0.05) is 57.0 Å². The summed E-state index contributed by atoms with van der Waals surface area (Å²) in [6.07, 6.45) is 0. The van der Waals surface area contributed by atoms with E-state index in [-0.39, 0.29) is 22.9 Å². The predicted octanol–water partition coefficient (Wildman–Crippen LogP) is 6.25. The van der Waals surface area contributed by atoms with Gasteiger partial charge in [-0.3, -0.25) is 14.4 Å². The van der Waals surface area contributed by atoms with Crippen molar-refractivity contribution < 1.29 is 23.5 Å². The number of benzene rings is 3. The number of nitrogens with zero attached hydrogens (tertiary/aromatic N) is 9. The number of methoxy groups -OCH3 is 1. The molecule has 63 heavy (non-hydrogen) atoms. The standard InChI is InChI=1S/C16H19FN4O.C16H20N4O.C14H16N4O2/c1-4-21(5-2)16-19-13(9-14(20-16)15(18)22)11-6-7-12(17)10(3)8-11;1-4-20(5-2)16-18-13(10-14(19-16)15(17)21)12-8-6-11(3)7-9-12;1-18(2)14-16-11(8-12(17-14)13(15)19)9-5-4-6-10(7-9)20-3/h6-9H,4-5H2,1-3H3,(H2,18,22);6-10H,4-5H2,1-3H3,(H2,17,21);4-8H,1-3H3,(H2,15,19). The van der Waals surface area contributed by atoms with Crippen LogP contribution in [0.25, 0.3) is 33.8 Å². The van der Waals surface area contributed by atoms with Crippen LogP contribution in [0.1, 0.15) is 70.3 Å². The molecule has 0 radical (unpaired) electrons. The van der Waals surface area contributed by atoms with Crippen LogP contribution < -0.4 is 36.6 Å². The van der Waals surface area contributed by atoms with Gasteiger partial charge in [-0.05, 0) is 95.6 Å². The number of aryl methyl sites for hydroxylation is 2. The van der Waals surface area contributed by atoms with Crippen molar-refractivity contribution in [3.05, 3.63) is 119 Å². The van der Waals surface area contributed by atoms with Crippen LogP contribution >= 0.6 is 0 Å². The maximum Gasteiger partial charge on any atom is 0.267 e. The Kier molecular flexibility index (Phi) is 17.1. The highest BCUT2D eigenvalue weighted by molar-refractivity contribution is 5.93. The molecule has 16 nitrogen and oxygen atoms in total. The molecule has 3 amide bonds. The Balaban J connectivity index is 0.000000208. The van der Waals surface area contributed by atoms with E-state index >= 15 is 0 Å². The van der Waals surface area contributed by atoms with Crippen molar-refractivity contribution in [3.63, 3.8) is 0 Å². The fraction of sp³-hybridized carbons (Fsp3) is 0.283. The summed E-state index contributed by atoms with van der Waals surface area (Å²) in [7, 11) is 5.20. The molecule has 3 aromatic carbocycles. The number of anilines is 3. The summed E-state index contributed by atoms with van der Waals surface area (Å²) in [6.45, 7) is 14.7. The molecule has 0 bridgehead atoms. The SMILES string of the molecule is CCN(CC)c1nc(C(N)=O)cc(-c2ccc(C)cc2)n1.CCN(CC)c1nc(C(N)=O)cc(-c2ccc(F)c(C)c2)n1.COc1cccc(-c2cc(C(N)=O)nc(N(C)C)n2)c1. The van der Waals surface area contributed by atoms with Crippen LogP contribution in [0.2, 0.25) is 0 Å². The molecule has 6 aromatic rings. The molecule has 0 aliphatic carbocycles. The number of carbonyl (C=O) groups is 3. The lowest BCUT2D eigenvalue weighted by atomic mass is 10.1. The first-order valence-corrected chi connectivity index (χ1v) is 20.2. The third kappa shape index (κ3) is 13.0. The van der Waals surface area contributed by atoms with E-state index in [0.717, 1.165) is 29.8 Å². The second-order valence-corrected chi connectivity index (χ2v) is 14.2. The van der Waals surface area contributed by atoms with E-state index in [1.54, 1.807) is 57.3 Å². The van der Waals surface area contributed by atoms with Crippen LogP contribution in [0, 0.1) is 19.7 Å². The molecule has 0 spiro atoms. The Bertz CT molecular complexity index is 2530. The van der Waals surface area contributed by atoms with Gasteiger partial charge in [0.05, 0.1) is 24.2 Å². The van der Waals surface area contributed by atoms with Crippen LogP contribution in [-0.2, 0) is 0 Å². The number of primary amides is 3. The van der Waals surface area contributed by atoms with Crippen molar-refractivity contribution in [3.8, 4) is 39.5 Å². The fourth-order valence-electron chi connectivity index (χ4n) is 5.93. The zero-order valence-corrected chi connectivity index (χ0v) is 37.2. The van der Waals surface area contributed by atoms with Gasteiger partial charge >= 0.3 is 0 Å². The Labute approximate surface area is 367 Å². The monoisotopic (exact) mass is 858 g/mol. The zero-order valence-electron chi connectivity index (χ0n) is 37.2. The zero-order chi connectivity index (χ0) is 46.4. The summed E-state index contributed by atoms with van der Waals surface area (Å²) >= 11 is 0. The molecule has 6 N–H and O–H groups in total. The Morgan fingerprint density at radius 2 is 0.968 bits per heavy atom. The molecule has 3 heterocycles. The molecule has 0 aliphatic rings. The maximum absolute atomic E-state index is 13.4. The summed E-state index contributed by atoms with van der Waals surface area (Å²) < 4.78 is 18.6. The van der Waals surface area contributed by atoms with Crippen LogP contribution in [0.4, 0.5) is 22.2 Å². The van der Waals surface area contributed by atoms with Crippen molar-refractivity contribution in [1.82, 2.24) is 29.9 Å². The molecule has 0 aliphatic heterocycles. The van der Waals surface area contributed by atoms with Crippen molar-refractivity contribution in [2.45, 2.75) is 41.5 Å². The Morgan fingerprint density at radius 1 is 0.556 bits per heavy atom. The number of hydrogen-bond donors (Lipinski definition) is 3. The van der Waals surface area contributed by atoms with E-state index in [1.165, 1.54) is 17.7 Å². The number of nitrogens with two attached hydrogens (primary N) is 3. The van der Waals surface area contributed by atoms with Gasteiger partial charge in [0.15, 0.2) is 0 Å². The first-order chi connectivity index (χ1) is 30.0. The van der Waals surface area contributed by atoms with Gasteiger partial charge in [-0.15, -0.1) is 0 Å². The van der Waals surface area contributed by atoms with Gasteiger partial charge < -0.3 is 36.6 Å². The highest BCUT2D eigenvalue weighted by Crippen LogP contribution is 2.26. The number of hydrogen-bond acceptors (Lipinski definition) is 13. The van der Waals surface area contributed by atoms with Crippen LogP contribution in [-0.4, -0.2) is 95.0 Å². The van der Waals surface area contributed by atoms with Crippen LogP contribution in [0.5, 0.6) is 5.75 Å². The maximum atomic E-state index is 13.4. The van der Waals surface area contributed by atoms with E-state index in [0.29, 0.717) is 59.3 Å². The van der Waals surface area contributed by atoms with Crippen LogP contribution in [0.3, 0.4) is 0 Å². The van der Waals surface area contributed by atoms with E-state index in [4.69, 9.17) is 21.9 Å². The van der Waals surface area contributed by atoms with Crippen molar-refractivity contribution >= 4 is 35.6 Å². The van der Waals surface area contributed by atoms with Gasteiger partial charge in [0.25, 0.3) is 17.7 Å². The van der Waals surface area contributed by atoms with E-state index < -0.39 is 17.7 Å². The average Bonchev–Trinajstić information content (AvgIpc) is 3.28. The molecule has 0 saturated carbocycles. The summed E-state index contributed by atoms with van der Waals surface area (Å²) in [4.78, 5) is 66.1. The quantitative estimate of drug-likeness (QED) is 0.110. The summed E-state index contributed by atoms with van der Waals surface area (Å²) in [6, 6.07) is 24.8. The van der Waals surface area contributed by atoms with E-state index in [9.17, 15) is 18.8 Å². The van der Waals surface area contributed by atoms with Gasteiger partial charge in [0.2, 0.25) is 17.8 Å². The topological polar surface area (TPSA) is 226 Å². The number of carbonyl (C=O) groups excluding carboxylic acids is 3.